The first kappa shape index (κ1) is 13.6. The van der Waals surface area contributed by atoms with E-state index in [9.17, 15) is 4.79 Å². The predicted octanol–water partition coefficient (Wildman–Crippen LogP) is 1.48. The molecule has 0 saturated carbocycles. The Morgan fingerprint density at radius 3 is 2.50 bits per heavy atom. The lowest BCUT2D eigenvalue weighted by atomic mass is 10.0. The summed E-state index contributed by atoms with van der Waals surface area (Å²) in [6, 6.07) is 10.8. The molecule has 1 amide bonds. The molecule has 4 heteroatoms. The highest BCUT2D eigenvalue weighted by Crippen LogP contribution is 2.22. The van der Waals surface area contributed by atoms with Crippen molar-refractivity contribution in [3.05, 3.63) is 30.3 Å². The first-order chi connectivity index (χ1) is 9.72. The van der Waals surface area contributed by atoms with Crippen LogP contribution < -0.4 is 10.2 Å². The van der Waals surface area contributed by atoms with Crippen LogP contribution in [0.1, 0.15) is 19.3 Å². The van der Waals surface area contributed by atoms with Gasteiger partial charge >= 0.3 is 0 Å². The first-order valence-electron chi connectivity index (χ1n) is 7.52. The van der Waals surface area contributed by atoms with E-state index < -0.39 is 0 Å². The van der Waals surface area contributed by atoms with Crippen LogP contribution in [0.3, 0.4) is 0 Å². The van der Waals surface area contributed by atoms with Crippen LogP contribution in [0.5, 0.6) is 0 Å². The van der Waals surface area contributed by atoms with E-state index in [-0.39, 0.29) is 5.91 Å². The molecule has 1 aromatic rings. The monoisotopic (exact) mass is 273 g/mol. The Kier molecular flexibility index (Phi) is 4.03. The van der Waals surface area contributed by atoms with Crippen molar-refractivity contribution in [2.75, 3.05) is 31.6 Å². The molecule has 0 bridgehead atoms. The summed E-state index contributed by atoms with van der Waals surface area (Å²) in [7, 11) is 2.17. The number of likely N-dealkylation sites (tertiary alicyclic amines) is 1. The van der Waals surface area contributed by atoms with Gasteiger partial charge in [-0.05, 0) is 45.1 Å². The summed E-state index contributed by atoms with van der Waals surface area (Å²) in [6.07, 6.45) is 3.00. The van der Waals surface area contributed by atoms with Crippen LogP contribution in [0, 0.1) is 0 Å². The summed E-state index contributed by atoms with van der Waals surface area (Å²) >= 11 is 0. The smallest absolute Gasteiger partial charge is 0.228 e. The van der Waals surface area contributed by atoms with E-state index >= 15 is 0 Å². The lowest BCUT2D eigenvalue weighted by Crippen LogP contribution is -2.46. The number of benzene rings is 1. The molecule has 2 aliphatic heterocycles. The molecule has 108 valence electrons. The van der Waals surface area contributed by atoms with E-state index in [1.807, 2.05) is 35.2 Å². The molecule has 0 aromatic heterocycles. The third kappa shape index (κ3) is 3.02. The summed E-state index contributed by atoms with van der Waals surface area (Å²) in [6.45, 7) is 3.11. The average Bonchev–Trinajstić information content (AvgIpc) is 2.83. The number of hydrogen-bond donors (Lipinski definition) is 1. The van der Waals surface area contributed by atoms with Crippen molar-refractivity contribution in [1.29, 1.82) is 0 Å². The van der Waals surface area contributed by atoms with Gasteiger partial charge in [-0.2, -0.15) is 0 Å². The van der Waals surface area contributed by atoms with Crippen LogP contribution in [0.2, 0.25) is 0 Å². The van der Waals surface area contributed by atoms with Gasteiger partial charge in [0.25, 0.3) is 0 Å². The van der Waals surface area contributed by atoms with Crippen molar-refractivity contribution in [3.8, 4) is 0 Å². The highest BCUT2D eigenvalue weighted by Gasteiger charge is 2.32. The van der Waals surface area contributed by atoms with E-state index in [0.717, 1.165) is 25.3 Å². The van der Waals surface area contributed by atoms with E-state index in [0.29, 0.717) is 18.5 Å². The molecule has 1 aromatic carbocycles. The quantitative estimate of drug-likeness (QED) is 0.906. The number of nitrogens with zero attached hydrogens (tertiary/aromatic N) is 2. The molecule has 20 heavy (non-hydrogen) atoms. The number of piperidine rings is 1. The summed E-state index contributed by atoms with van der Waals surface area (Å²) < 4.78 is 0. The Morgan fingerprint density at radius 2 is 1.80 bits per heavy atom. The Balaban J connectivity index is 1.57. The van der Waals surface area contributed by atoms with Crippen LogP contribution in [0.25, 0.3) is 0 Å². The van der Waals surface area contributed by atoms with Gasteiger partial charge in [0.05, 0.1) is 0 Å². The second kappa shape index (κ2) is 5.94. The molecule has 1 unspecified atom stereocenters. The van der Waals surface area contributed by atoms with Gasteiger partial charge in [0.2, 0.25) is 5.91 Å². The molecule has 0 aliphatic carbocycles. The van der Waals surface area contributed by atoms with Crippen molar-refractivity contribution >= 4 is 11.6 Å². The van der Waals surface area contributed by atoms with E-state index in [1.165, 1.54) is 12.8 Å². The van der Waals surface area contributed by atoms with E-state index in [1.54, 1.807) is 0 Å². The van der Waals surface area contributed by atoms with Gasteiger partial charge in [-0.3, -0.25) is 4.79 Å². The van der Waals surface area contributed by atoms with Crippen LogP contribution in [0.15, 0.2) is 30.3 Å². The molecule has 1 atom stereocenters. The number of anilines is 1. The molecule has 0 radical (unpaired) electrons. The Bertz CT molecular complexity index is 454. The normalized spacial score (nSPS) is 25.4. The largest absolute Gasteiger partial charge is 0.311 e. The number of nitrogens with one attached hydrogen (secondary N) is 1. The molecular formula is C16H23N3O. The Hall–Kier alpha value is -1.39. The third-order valence-corrected chi connectivity index (χ3v) is 4.38. The maximum atomic E-state index is 12.2. The van der Waals surface area contributed by atoms with Crippen LogP contribution in [-0.4, -0.2) is 49.6 Å². The van der Waals surface area contributed by atoms with Crippen LogP contribution >= 0.6 is 0 Å². The van der Waals surface area contributed by atoms with Crippen LogP contribution in [-0.2, 0) is 4.79 Å². The summed E-state index contributed by atoms with van der Waals surface area (Å²) in [5, 5.41) is 3.68. The lowest BCUT2D eigenvalue weighted by molar-refractivity contribution is -0.117. The molecule has 2 fully saturated rings. The fourth-order valence-corrected chi connectivity index (χ4v) is 3.19. The number of rotatable bonds is 3. The number of carbonyl (C=O) groups is 1. The molecule has 2 aliphatic rings. The first-order valence-corrected chi connectivity index (χ1v) is 7.52. The number of hydrogen-bond acceptors (Lipinski definition) is 3. The van der Waals surface area contributed by atoms with Gasteiger partial charge in [0.15, 0.2) is 0 Å². The standard InChI is InChI=1S/C16H23N3O/c1-18-9-7-13(8-10-18)17-14-11-16(20)19(12-14)15-5-3-2-4-6-15/h2-6,13-14,17H,7-12H2,1H3. The van der Waals surface area contributed by atoms with Crippen molar-refractivity contribution in [1.82, 2.24) is 10.2 Å². The second-order valence-corrected chi connectivity index (χ2v) is 5.99. The second-order valence-electron chi connectivity index (χ2n) is 5.99. The number of para-hydroxylation sites is 1. The van der Waals surface area contributed by atoms with Crippen molar-refractivity contribution in [3.63, 3.8) is 0 Å². The molecule has 0 spiro atoms. The maximum absolute atomic E-state index is 12.2. The summed E-state index contributed by atoms with van der Waals surface area (Å²) in [4.78, 5) is 16.4. The molecule has 2 saturated heterocycles. The van der Waals surface area contributed by atoms with E-state index in [2.05, 4.69) is 17.3 Å². The van der Waals surface area contributed by atoms with Crippen LogP contribution in [0.4, 0.5) is 5.69 Å². The fourth-order valence-electron chi connectivity index (χ4n) is 3.19. The Morgan fingerprint density at radius 1 is 1.10 bits per heavy atom. The molecule has 2 heterocycles. The zero-order valence-corrected chi connectivity index (χ0v) is 12.1. The van der Waals surface area contributed by atoms with Gasteiger partial charge < -0.3 is 15.1 Å². The molecule has 4 nitrogen and oxygen atoms in total. The molecule has 1 N–H and O–H groups in total. The maximum Gasteiger partial charge on any atom is 0.228 e. The molecule has 3 rings (SSSR count). The SMILES string of the molecule is CN1CCC(NC2CC(=O)N(c3ccccc3)C2)CC1. The summed E-state index contributed by atoms with van der Waals surface area (Å²) in [5.41, 5.74) is 1.02. The zero-order chi connectivity index (χ0) is 13.9. The number of carbonyl (C=O) groups excluding carboxylic acids is 1. The lowest BCUT2D eigenvalue weighted by Gasteiger charge is -2.31. The van der Waals surface area contributed by atoms with Gasteiger partial charge in [-0.25, -0.2) is 0 Å². The minimum absolute atomic E-state index is 0.238. The van der Waals surface area contributed by atoms with Crippen molar-refractivity contribution in [2.24, 2.45) is 0 Å². The fraction of sp³-hybridized carbons (Fsp3) is 0.562. The third-order valence-electron chi connectivity index (χ3n) is 4.38. The summed E-state index contributed by atoms with van der Waals surface area (Å²) in [5.74, 6) is 0.238. The minimum atomic E-state index is 0.238. The van der Waals surface area contributed by atoms with Gasteiger partial charge in [-0.15, -0.1) is 0 Å². The minimum Gasteiger partial charge on any atom is -0.311 e. The topological polar surface area (TPSA) is 35.6 Å². The van der Waals surface area contributed by atoms with E-state index in [4.69, 9.17) is 0 Å². The highest BCUT2D eigenvalue weighted by atomic mass is 16.2. The zero-order valence-electron chi connectivity index (χ0n) is 12.1. The Labute approximate surface area is 120 Å². The average molecular weight is 273 g/mol. The van der Waals surface area contributed by atoms with Crippen molar-refractivity contribution < 1.29 is 4.79 Å². The number of amides is 1. The van der Waals surface area contributed by atoms with Gasteiger partial charge in [0.1, 0.15) is 0 Å². The molecular weight excluding hydrogens is 250 g/mol. The van der Waals surface area contributed by atoms with Gasteiger partial charge in [-0.1, -0.05) is 18.2 Å². The van der Waals surface area contributed by atoms with Crippen molar-refractivity contribution in [2.45, 2.75) is 31.3 Å². The predicted molar refractivity (Wildman–Crippen MR) is 80.9 cm³/mol. The highest BCUT2D eigenvalue weighted by molar-refractivity contribution is 5.96. The van der Waals surface area contributed by atoms with Gasteiger partial charge in [0, 0.05) is 30.7 Å².